The van der Waals surface area contributed by atoms with Crippen LogP contribution in [-0.4, -0.2) is 14.1 Å². The van der Waals surface area contributed by atoms with E-state index in [4.69, 9.17) is 9.40 Å². The molecule has 0 atom stereocenters. The van der Waals surface area contributed by atoms with Crippen LogP contribution in [0.4, 0.5) is 0 Å². The van der Waals surface area contributed by atoms with Crippen molar-refractivity contribution in [2.75, 3.05) is 0 Å². The molecule has 0 N–H and O–H groups in total. The number of fused-ring (bicyclic) bond motifs is 12. The highest BCUT2D eigenvalue weighted by Gasteiger charge is 2.20. The van der Waals surface area contributed by atoms with E-state index in [1.807, 2.05) is 29.7 Å². The number of pyridine rings is 1. The second kappa shape index (κ2) is 13.6. The quantitative estimate of drug-likeness (QED) is 0.173. The molecule has 0 amide bonds. The third-order valence-electron chi connectivity index (χ3n) is 13.2. The molecule has 14 rings (SSSR count). The van der Waals surface area contributed by atoms with Gasteiger partial charge in [0.1, 0.15) is 16.8 Å². The zero-order valence-electron chi connectivity index (χ0n) is 34.4. The minimum atomic E-state index is 0.898. The summed E-state index contributed by atoms with van der Waals surface area (Å²) < 4.78 is 13.9. The second-order valence-corrected chi connectivity index (χ2v) is 17.7. The highest BCUT2D eigenvalue weighted by Crippen LogP contribution is 2.43. The maximum absolute atomic E-state index is 6.57. The molecule has 4 nitrogen and oxygen atoms in total. The molecule has 0 aliphatic heterocycles. The maximum atomic E-state index is 6.57. The SMILES string of the molecule is c1cc(-c2cccc(-n3c4ccc(-c5cccc6c5oc5ccccc56)cc4c4cc(-n5c6ccccc6c6cccnc65)ccc43)c2)cc(-c2cccc3c2sc2ccccc23)c1. The Morgan fingerprint density at radius 2 is 1.02 bits per heavy atom. The van der Waals surface area contributed by atoms with Crippen molar-refractivity contribution >= 4 is 97.2 Å². The number of para-hydroxylation sites is 3. The van der Waals surface area contributed by atoms with E-state index >= 15 is 0 Å². The van der Waals surface area contributed by atoms with Gasteiger partial charge in [-0.05, 0) is 107 Å². The Balaban J connectivity index is 0.968. The average molecular weight is 834 g/mol. The van der Waals surface area contributed by atoms with Crippen LogP contribution in [0.25, 0.3) is 131 Å². The molecular formula is C59H35N3OS. The molecule has 5 aromatic heterocycles. The molecule has 0 saturated heterocycles. The zero-order chi connectivity index (χ0) is 41.9. The lowest BCUT2D eigenvalue weighted by atomic mass is 9.97. The van der Waals surface area contributed by atoms with E-state index in [1.165, 1.54) is 53.2 Å². The Bertz CT molecular complexity index is 4170. The third-order valence-corrected chi connectivity index (χ3v) is 14.4. The Hall–Kier alpha value is -8.25. The minimum Gasteiger partial charge on any atom is -0.455 e. The average Bonchev–Trinajstić information content (AvgIpc) is 4.11. The Morgan fingerprint density at radius 1 is 0.375 bits per heavy atom. The van der Waals surface area contributed by atoms with Crippen LogP contribution in [0.1, 0.15) is 0 Å². The van der Waals surface area contributed by atoms with E-state index in [0.717, 1.165) is 77.4 Å². The van der Waals surface area contributed by atoms with Gasteiger partial charge >= 0.3 is 0 Å². The maximum Gasteiger partial charge on any atom is 0.145 e. The van der Waals surface area contributed by atoms with Gasteiger partial charge in [0, 0.05) is 75.6 Å². The number of hydrogen-bond acceptors (Lipinski definition) is 3. The molecule has 14 aromatic rings. The van der Waals surface area contributed by atoms with Gasteiger partial charge in [0.25, 0.3) is 0 Å². The molecule has 0 saturated carbocycles. The van der Waals surface area contributed by atoms with Gasteiger partial charge in [-0.2, -0.15) is 0 Å². The van der Waals surface area contributed by atoms with Crippen molar-refractivity contribution in [3.05, 3.63) is 212 Å². The summed E-state index contributed by atoms with van der Waals surface area (Å²) in [5.41, 5.74) is 15.3. The van der Waals surface area contributed by atoms with Gasteiger partial charge in [0.15, 0.2) is 0 Å². The van der Waals surface area contributed by atoms with Crippen LogP contribution < -0.4 is 0 Å². The zero-order valence-corrected chi connectivity index (χ0v) is 35.2. The predicted octanol–water partition coefficient (Wildman–Crippen LogP) is 16.5. The van der Waals surface area contributed by atoms with Crippen LogP contribution in [0.5, 0.6) is 0 Å². The summed E-state index contributed by atoms with van der Waals surface area (Å²) in [6.07, 6.45) is 1.89. The summed E-state index contributed by atoms with van der Waals surface area (Å²) in [6, 6.07) is 74.8. The molecular weight excluding hydrogens is 799 g/mol. The van der Waals surface area contributed by atoms with E-state index < -0.39 is 0 Å². The van der Waals surface area contributed by atoms with Crippen molar-refractivity contribution in [3.63, 3.8) is 0 Å². The highest BCUT2D eigenvalue weighted by atomic mass is 32.1. The number of benzene rings is 9. The minimum absolute atomic E-state index is 0.898. The van der Waals surface area contributed by atoms with Gasteiger partial charge in [-0.15, -0.1) is 11.3 Å². The molecule has 0 aliphatic carbocycles. The second-order valence-electron chi connectivity index (χ2n) is 16.7. The summed E-state index contributed by atoms with van der Waals surface area (Å²) in [5, 5.41) is 9.54. The molecule has 0 unspecified atom stereocenters. The summed E-state index contributed by atoms with van der Waals surface area (Å²) >= 11 is 1.88. The first-order valence-electron chi connectivity index (χ1n) is 21.7. The molecule has 0 fully saturated rings. The van der Waals surface area contributed by atoms with Gasteiger partial charge < -0.3 is 8.98 Å². The fourth-order valence-corrected chi connectivity index (χ4v) is 11.5. The van der Waals surface area contributed by atoms with Crippen molar-refractivity contribution in [3.8, 4) is 44.8 Å². The molecule has 64 heavy (non-hydrogen) atoms. The van der Waals surface area contributed by atoms with E-state index in [1.54, 1.807) is 0 Å². The van der Waals surface area contributed by atoms with Crippen LogP contribution in [0.3, 0.4) is 0 Å². The molecule has 0 spiro atoms. The summed E-state index contributed by atoms with van der Waals surface area (Å²) in [6.45, 7) is 0. The molecule has 0 bridgehead atoms. The largest absolute Gasteiger partial charge is 0.455 e. The number of aromatic nitrogens is 3. The van der Waals surface area contributed by atoms with E-state index in [9.17, 15) is 0 Å². The van der Waals surface area contributed by atoms with Crippen molar-refractivity contribution in [1.82, 2.24) is 14.1 Å². The number of hydrogen-bond donors (Lipinski definition) is 0. The summed E-state index contributed by atoms with van der Waals surface area (Å²) in [5.74, 6) is 0. The fourth-order valence-electron chi connectivity index (χ4n) is 10.3. The molecule has 5 heteroatoms. The van der Waals surface area contributed by atoms with E-state index in [-0.39, 0.29) is 0 Å². The van der Waals surface area contributed by atoms with E-state index in [0.29, 0.717) is 0 Å². The molecule has 9 aromatic carbocycles. The van der Waals surface area contributed by atoms with Crippen molar-refractivity contribution in [2.24, 2.45) is 0 Å². The van der Waals surface area contributed by atoms with Crippen LogP contribution in [-0.2, 0) is 0 Å². The monoisotopic (exact) mass is 833 g/mol. The number of rotatable bonds is 5. The van der Waals surface area contributed by atoms with Crippen molar-refractivity contribution < 1.29 is 4.42 Å². The lowest BCUT2D eigenvalue weighted by Gasteiger charge is -2.12. The number of thiophene rings is 1. The van der Waals surface area contributed by atoms with Crippen LogP contribution in [0.15, 0.2) is 217 Å². The number of furan rings is 1. The van der Waals surface area contributed by atoms with Gasteiger partial charge in [-0.25, -0.2) is 4.98 Å². The topological polar surface area (TPSA) is 35.9 Å². The normalized spacial score (nSPS) is 12.1. The lowest BCUT2D eigenvalue weighted by Crippen LogP contribution is -1.97. The van der Waals surface area contributed by atoms with Crippen LogP contribution >= 0.6 is 11.3 Å². The van der Waals surface area contributed by atoms with Crippen molar-refractivity contribution in [2.45, 2.75) is 0 Å². The Morgan fingerprint density at radius 3 is 1.94 bits per heavy atom. The number of nitrogens with zero attached hydrogens (tertiary/aromatic N) is 3. The first-order valence-corrected chi connectivity index (χ1v) is 22.5. The molecule has 0 radical (unpaired) electrons. The van der Waals surface area contributed by atoms with Gasteiger partial charge in [-0.3, -0.25) is 4.57 Å². The summed E-state index contributed by atoms with van der Waals surface area (Å²) in [7, 11) is 0. The predicted molar refractivity (Wildman–Crippen MR) is 269 cm³/mol. The first-order chi connectivity index (χ1) is 31.7. The Labute approximate surface area is 371 Å². The van der Waals surface area contributed by atoms with Gasteiger partial charge in [-0.1, -0.05) is 127 Å². The molecule has 5 heterocycles. The van der Waals surface area contributed by atoms with E-state index in [2.05, 4.69) is 203 Å². The smallest absolute Gasteiger partial charge is 0.145 e. The van der Waals surface area contributed by atoms with Crippen molar-refractivity contribution in [1.29, 1.82) is 0 Å². The molecule has 298 valence electrons. The Kier molecular flexibility index (Phi) is 7.53. The third kappa shape index (κ3) is 5.19. The first kappa shape index (κ1) is 35.4. The molecule has 0 aliphatic rings. The van der Waals surface area contributed by atoms with Crippen LogP contribution in [0.2, 0.25) is 0 Å². The van der Waals surface area contributed by atoms with Crippen LogP contribution in [0, 0.1) is 0 Å². The standard InChI is InChI=1S/C59H35N3OS/c1-4-24-52-44(16-1)49-23-11-31-60-59(49)62(52)41-28-30-54-51(35-41)50-34-39(42-19-9-21-47-45-17-2-5-25-55(45)63-57(42)47)27-29-53(50)61(54)40-15-8-13-37(33-40)36-12-7-14-38(32-36)43-20-10-22-48-46-18-3-6-26-56(46)64-58(43)48/h1-35H. The summed E-state index contributed by atoms with van der Waals surface area (Å²) in [4.78, 5) is 4.93. The van der Waals surface area contributed by atoms with Gasteiger partial charge in [0.2, 0.25) is 0 Å². The lowest BCUT2D eigenvalue weighted by molar-refractivity contribution is 0.670. The van der Waals surface area contributed by atoms with Gasteiger partial charge in [0.05, 0.1) is 16.6 Å². The fraction of sp³-hybridized carbons (Fsp3) is 0. The highest BCUT2D eigenvalue weighted by molar-refractivity contribution is 7.26.